The van der Waals surface area contributed by atoms with Crippen LogP contribution in [0.2, 0.25) is 0 Å². The Hall–Kier alpha value is -0.380. The SMILES string of the molecule is CCCOC(OC)c1cccs1. The summed E-state index contributed by atoms with van der Waals surface area (Å²) in [6.07, 6.45) is 0.843. The molecule has 12 heavy (non-hydrogen) atoms. The van der Waals surface area contributed by atoms with E-state index in [9.17, 15) is 0 Å². The highest BCUT2D eigenvalue weighted by atomic mass is 32.1. The molecule has 1 atom stereocenters. The van der Waals surface area contributed by atoms with Crippen molar-refractivity contribution in [2.45, 2.75) is 19.6 Å². The Labute approximate surface area is 77.1 Å². The van der Waals surface area contributed by atoms with Gasteiger partial charge in [0, 0.05) is 13.7 Å². The third-order valence-electron chi connectivity index (χ3n) is 1.46. The average molecular weight is 186 g/mol. The molecule has 0 aromatic carbocycles. The van der Waals surface area contributed by atoms with Gasteiger partial charge in [-0.1, -0.05) is 13.0 Å². The quantitative estimate of drug-likeness (QED) is 0.658. The summed E-state index contributed by atoms with van der Waals surface area (Å²) in [5, 5.41) is 2.02. The van der Waals surface area contributed by atoms with E-state index in [0.29, 0.717) is 0 Å². The van der Waals surface area contributed by atoms with Crippen LogP contribution in [0, 0.1) is 0 Å². The predicted molar refractivity (Wildman–Crippen MR) is 50.3 cm³/mol. The van der Waals surface area contributed by atoms with Crippen LogP contribution in [0.15, 0.2) is 17.5 Å². The highest BCUT2D eigenvalue weighted by Crippen LogP contribution is 2.22. The minimum Gasteiger partial charge on any atom is -0.351 e. The van der Waals surface area contributed by atoms with Crippen LogP contribution in [0.25, 0.3) is 0 Å². The molecular weight excluding hydrogens is 172 g/mol. The molecule has 1 unspecified atom stereocenters. The lowest BCUT2D eigenvalue weighted by atomic mass is 10.4. The van der Waals surface area contributed by atoms with Crippen LogP contribution in [0.1, 0.15) is 24.5 Å². The lowest BCUT2D eigenvalue weighted by molar-refractivity contribution is -0.125. The summed E-state index contributed by atoms with van der Waals surface area (Å²) in [6, 6.07) is 4.02. The van der Waals surface area contributed by atoms with Crippen molar-refractivity contribution in [2.75, 3.05) is 13.7 Å². The van der Waals surface area contributed by atoms with E-state index in [1.165, 1.54) is 0 Å². The summed E-state index contributed by atoms with van der Waals surface area (Å²) in [7, 11) is 1.67. The molecule has 1 heterocycles. The van der Waals surface area contributed by atoms with Gasteiger partial charge in [-0.2, -0.15) is 0 Å². The van der Waals surface area contributed by atoms with E-state index in [4.69, 9.17) is 9.47 Å². The van der Waals surface area contributed by atoms with Crippen LogP contribution >= 0.6 is 11.3 Å². The normalized spacial score (nSPS) is 13.2. The Morgan fingerprint density at radius 2 is 2.42 bits per heavy atom. The van der Waals surface area contributed by atoms with Crippen molar-refractivity contribution in [2.24, 2.45) is 0 Å². The Kier molecular flexibility index (Phi) is 4.29. The van der Waals surface area contributed by atoms with Gasteiger partial charge >= 0.3 is 0 Å². The van der Waals surface area contributed by atoms with Crippen molar-refractivity contribution in [1.29, 1.82) is 0 Å². The first kappa shape index (κ1) is 9.71. The Morgan fingerprint density at radius 1 is 1.58 bits per heavy atom. The van der Waals surface area contributed by atoms with Gasteiger partial charge in [-0.3, -0.25) is 0 Å². The standard InChI is InChI=1S/C9H14O2S/c1-3-6-11-9(10-2)8-5-4-7-12-8/h4-5,7,9H,3,6H2,1-2H3. The molecule has 0 aliphatic carbocycles. The Balaban J connectivity index is 2.45. The fourth-order valence-electron chi connectivity index (χ4n) is 0.917. The van der Waals surface area contributed by atoms with Gasteiger partial charge in [-0.25, -0.2) is 0 Å². The van der Waals surface area contributed by atoms with Gasteiger partial charge in [-0.05, 0) is 17.9 Å². The lowest BCUT2D eigenvalue weighted by Gasteiger charge is -2.13. The molecule has 0 aliphatic rings. The van der Waals surface area contributed by atoms with E-state index in [0.717, 1.165) is 17.9 Å². The summed E-state index contributed by atoms with van der Waals surface area (Å²) in [6.45, 7) is 2.83. The van der Waals surface area contributed by atoms with Crippen molar-refractivity contribution in [3.8, 4) is 0 Å². The molecule has 1 rings (SSSR count). The second kappa shape index (κ2) is 5.30. The number of rotatable bonds is 5. The van der Waals surface area contributed by atoms with E-state index in [1.54, 1.807) is 18.4 Å². The van der Waals surface area contributed by atoms with E-state index in [2.05, 4.69) is 6.92 Å². The van der Waals surface area contributed by atoms with Crippen LogP contribution in [0.4, 0.5) is 0 Å². The van der Waals surface area contributed by atoms with Crippen molar-refractivity contribution in [3.63, 3.8) is 0 Å². The van der Waals surface area contributed by atoms with Crippen LogP contribution in [0.5, 0.6) is 0 Å². The minimum atomic E-state index is -0.176. The number of ether oxygens (including phenoxy) is 2. The van der Waals surface area contributed by atoms with E-state index in [-0.39, 0.29) is 6.29 Å². The molecule has 0 saturated carbocycles. The molecule has 1 aromatic rings. The fraction of sp³-hybridized carbons (Fsp3) is 0.556. The smallest absolute Gasteiger partial charge is 0.192 e. The number of hydrogen-bond donors (Lipinski definition) is 0. The van der Waals surface area contributed by atoms with Crippen molar-refractivity contribution < 1.29 is 9.47 Å². The molecule has 0 spiro atoms. The third kappa shape index (κ3) is 2.59. The summed E-state index contributed by atoms with van der Waals surface area (Å²) in [5.41, 5.74) is 0. The van der Waals surface area contributed by atoms with Crippen LogP contribution in [-0.2, 0) is 9.47 Å². The summed E-state index contributed by atoms with van der Waals surface area (Å²) < 4.78 is 10.7. The highest BCUT2D eigenvalue weighted by molar-refractivity contribution is 7.10. The summed E-state index contributed by atoms with van der Waals surface area (Å²) in [5.74, 6) is 0. The van der Waals surface area contributed by atoms with Crippen LogP contribution in [-0.4, -0.2) is 13.7 Å². The lowest BCUT2D eigenvalue weighted by Crippen LogP contribution is -2.05. The molecular formula is C9H14O2S. The first-order valence-electron chi connectivity index (χ1n) is 4.06. The topological polar surface area (TPSA) is 18.5 Å². The van der Waals surface area contributed by atoms with E-state index >= 15 is 0 Å². The van der Waals surface area contributed by atoms with Crippen LogP contribution < -0.4 is 0 Å². The van der Waals surface area contributed by atoms with Gasteiger partial charge in [0.05, 0.1) is 4.88 Å². The van der Waals surface area contributed by atoms with Crippen molar-refractivity contribution in [3.05, 3.63) is 22.4 Å². The van der Waals surface area contributed by atoms with Gasteiger partial charge < -0.3 is 9.47 Å². The largest absolute Gasteiger partial charge is 0.351 e. The van der Waals surface area contributed by atoms with E-state index in [1.807, 2.05) is 17.5 Å². The third-order valence-corrected chi connectivity index (χ3v) is 2.36. The second-order valence-corrected chi connectivity index (χ2v) is 3.43. The molecule has 3 heteroatoms. The molecule has 0 saturated heterocycles. The summed E-state index contributed by atoms with van der Waals surface area (Å²) in [4.78, 5) is 1.13. The van der Waals surface area contributed by atoms with Gasteiger partial charge in [0.2, 0.25) is 0 Å². The molecule has 2 nitrogen and oxygen atoms in total. The van der Waals surface area contributed by atoms with Crippen molar-refractivity contribution in [1.82, 2.24) is 0 Å². The molecule has 0 amide bonds. The molecule has 0 radical (unpaired) electrons. The van der Waals surface area contributed by atoms with Gasteiger partial charge in [0.15, 0.2) is 6.29 Å². The fourth-order valence-corrected chi connectivity index (χ4v) is 1.66. The monoisotopic (exact) mass is 186 g/mol. The molecule has 0 aliphatic heterocycles. The summed E-state index contributed by atoms with van der Waals surface area (Å²) >= 11 is 1.66. The molecule has 0 N–H and O–H groups in total. The maximum atomic E-state index is 5.47. The number of hydrogen-bond acceptors (Lipinski definition) is 3. The molecule has 0 bridgehead atoms. The zero-order valence-corrected chi connectivity index (χ0v) is 8.26. The molecule has 68 valence electrons. The van der Waals surface area contributed by atoms with Crippen molar-refractivity contribution >= 4 is 11.3 Å². The first-order chi connectivity index (χ1) is 5.88. The first-order valence-corrected chi connectivity index (χ1v) is 4.94. The van der Waals surface area contributed by atoms with Gasteiger partial charge in [0.25, 0.3) is 0 Å². The molecule has 0 fully saturated rings. The second-order valence-electron chi connectivity index (χ2n) is 2.45. The zero-order valence-electron chi connectivity index (χ0n) is 7.45. The van der Waals surface area contributed by atoms with E-state index < -0.39 is 0 Å². The zero-order chi connectivity index (χ0) is 8.81. The predicted octanol–water partition coefficient (Wildman–Crippen LogP) is 2.82. The van der Waals surface area contributed by atoms with Gasteiger partial charge in [0.1, 0.15) is 0 Å². The maximum Gasteiger partial charge on any atom is 0.192 e. The molecule has 1 aromatic heterocycles. The van der Waals surface area contributed by atoms with Gasteiger partial charge in [-0.15, -0.1) is 11.3 Å². The Bertz CT molecular complexity index is 196. The Morgan fingerprint density at radius 3 is 2.92 bits per heavy atom. The number of methoxy groups -OCH3 is 1. The minimum absolute atomic E-state index is 0.176. The highest BCUT2D eigenvalue weighted by Gasteiger charge is 2.10. The van der Waals surface area contributed by atoms with Crippen LogP contribution in [0.3, 0.4) is 0 Å². The average Bonchev–Trinajstić information content (AvgIpc) is 2.59. The maximum absolute atomic E-state index is 5.47. The number of thiophene rings is 1.